The van der Waals surface area contributed by atoms with Crippen LogP contribution in [0.5, 0.6) is 5.75 Å². The van der Waals surface area contributed by atoms with E-state index in [2.05, 4.69) is 30.8 Å². The summed E-state index contributed by atoms with van der Waals surface area (Å²) >= 11 is 0. The highest BCUT2D eigenvalue weighted by atomic mass is 19.2. The van der Waals surface area contributed by atoms with Crippen molar-refractivity contribution < 1.29 is 50.8 Å². The zero-order chi connectivity index (χ0) is 29.3. The number of hydrogen-bond donors (Lipinski definition) is 1. The first-order chi connectivity index (χ1) is 18.4. The Hall–Kier alpha value is -2.28. The largest absolute Gasteiger partial charge is 0.420 e. The highest BCUT2D eigenvalue weighted by molar-refractivity contribution is 5.75. The molecule has 0 aromatic heterocycles. The molecule has 0 spiro atoms. The molecule has 8 nitrogen and oxygen atoms in total. The van der Waals surface area contributed by atoms with Crippen molar-refractivity contribution in [1.82, 2.24) is 5.32 Å². The fourth-order valence-electron chi connectivity index (χ4n) is 3.16. The molecule has 0 fully saturated rings. The number of hydrogen-bond acceptors (Lipinski definition) is 7. The van der Waals surface area contributed by atoms with E-state index in [0.717, 1.165) is 26.2 Å². The summed E-state index contributed by atoms with van der Waals surface area (Å²) in [5.41, 5.74) is -0.480. The van der Waals surface area contributed by atoms with Gasteiger partial charge in [-0.25, -0.2) is 13.2 Å². The third-order valence-corrected chi connectivity index (χ3v) is 5.37. The number of carbonyl (C=O) groups excluding carboxylic acids is 2. The molecular weight excluding hydrogens is 526 g/mol. The van der Waals surface area contributed by atoms with Gasteiger partial charge in [-0.05, 0) is 25.2 Å². The van der Waals surface area contributed by atoms with E-state index in [1.54, 1.807) is 0 Å². The second-order valence-electron chi connectivity index (χ2n) is 10.0. The summed E-state index contributed by atoms with van der Waals surface area (Å²) < 4.78 is 79.9. The number of unbranched alkanes of at least 4 members (excludes halogenated alkanes) is 1. The van der Waals surface area contributed by atoms with Gasteiger partial charge in [0, 0.05) is 18.5 Å². The Kier molecular flexibility index (Phi) is 16.8. The molecule has 1 amide bonds. The minimum Gasteiger partial charge on any atom is -0.420 e. The molecular formula is C27H41F4NO7. The molecule has 0 atom stereocenters. The SMILES string of the molecule is Cc1c(F)c(F)c(F)c(OC(=O)CCOCCOCCOCCOCCC(=O)NCCCCC(C)(C)C)c1F. The lowest BCUT2D eigenvalue weighted by Crippen LogP contribution is -2.25. The lowest BCUT2D eigenvalue weighted by Gasteiger charge is -2.17. The summed E-state index contributed by atoms with van der Waals surface area (Å²) in [7, 11) is 0. The molecule has 1 aromatic carbocycles. The number of rotatable bonds is 20. The molecule has 0 aliphatic heterocycles. The van der Waals surface area contributed by atoms with Gasteiger partial charge < -0.3 is 29.0 Å². The summed E-state index contributed by atoms with van der Waals surface area (Å²) in [5, 5.41) is 2.89. The Morgan fingerprint density at radius 1 is 0.692 bits per heavy atom. The van der Waals surface area contributed by atoms with Crippen LogP contribution >= 0.6 is 0 Å². The molecule has 0 saturated carbocycles. The van der Waals surface area contributed by atoms with Crippen molar-refractivity contribution in [3.05, 3.63) is 28.8 Å². The molecule has 0 bridgehead atoms. The maximum atomic E-state index is 13.9. The molecule has 0 aliphatic rings. The molecule has 39 heavy (non-hydrogen) atoms. The summed E-state index contributed by atoms with van der Waals surface area (Å²) in [6.07, 6.45) is 3.12. The smallest absolute Gasteiger partial charge is 0.313 e. The van der Waals surface area contributed by atoms with Crippen molar-refractivity contribution in [3.8, 4) is 5.75 Å². The van der Waals surface area contributed by atoms with Gasteiger partial charge in [-0.1, -0.05) is 27.2 Å². The van der Waals surface area contributed by atoms with E-state index in [9.17, 15) is 27.2 Å². The van der Waals surface area contributed by atoms with Crippen molar-refractivity contribution in [2.24, 2.45) is 5.41 Å². The van der Waals surface area contributed by atoms with Crippen LogP contribution in [0.4, 0.5) is 17.6 Å². The number of halogens is 4. The monoisotopic (exact) mass is 567 g/mol. The Morgan fingerprint density at radius 3 is 1.74 bits per heavy atom. The van der Waals surface area contributed by atoms with Crippen molar-refractivity contribution in [1.29, 1.82) is 0 Å². The first kappa shape index (κ1) is 34.7. The maximum absolute atomic E-state index is 13.9. The highest BCUT2D eigenvalue weighted by Gasteiger charge is 2.26. The van der Waals surface area contributed by atoms with Gasteiger partial charge in [0.05, 0.1) is 59.3 Å². The molecule has 224 valence electrons. The summed E-state index contributed by atoms with van der Waals surface area (Å²) in [6.45, 7) is 10.1. The van der Waals surface area contributed by atoms with E-state index in [0.29, 0.717) is 51.4 Å². The van der Waals surface area contributed by atoms with E-state index in [4.69, 9.17) is 18.9 Å². The summed E-state index contributed by atoms with van der Waals surface area (Å²) in [5.74, 6) is -9.37. The standard InChI is InChI=1S/C27H41F4NO7/c1-19-22(28)24(30)25(31)26(23(19)29)39-21(34)8-12-36-14-16-38-18-17-37-15-13-35-11-7-20(33)32-10-6-5-9-27(2,3)4/h5-18H2,1-4H3,(H,32,33). The van der Waals surface area contributed by atoms with E-state index in [1.807, 2.05) is 0 Å². The quantitative estimate of drug-likeness (QED) is 0.0613. The average Bonchev–Trinajstić information content (AvgIpc) is 2.88. The van der Waals surface area contributed by atoms with E-state index in [1.165, 1.54) is 0 Å². The lowest BCUT2D eigenvalue weighted by atomic mass is 9.90. The van der Waals surface area contributed by atoms with E-state index >= 15 is 0 Å². The average molecular weight is 568 g/mol. The molecule has 0 radical (unpaired) electrons. The molecule has 12 heteroatoms. The molecule has 1 N–H and O–H groups in total. The van der Waals surface area contributed by atoms with Crippen LogP contribution in [-0.2, 0) is 28.5 Å². The zero-order valence-corrected chi connectivity index (χ0v) is 23.3. The predicted octanol–water partition coefficient (Wildman–Crippen LogP) is 4.64. The van der Waals surface area contributed by atoms with Crippen molar-refractivity contribution in [3.63, 3.8) is 0 Å². The second-order valence-corrected chi connectivity index (χ2v) is 10.0. The predicted molar refractivity (Wildman–Crippen MR) is 135 cm³/mol. The van der Waals surface area contributed by atoms with Crippen LogP contribution in [0.15, 0.2) is 0 Å². The van der Waals surface area contributed by atoms with Crippen LogP contribution in [0.1, 0.15) is 58.4 Å². The molecule has 0 unspecified atom stereocenters. The minimum atomic E-state index is -1.92. The topological polar surface area (TPSA) is 92.3 Å². The van der Waals surface area contributed by atoms with Gasteiger partial charge in [-0.3, -0.25) is 9.59 Å². The Bertz CT molecular complexity index is 865. The second kappa shape index (κ2) is 18.9. The normalized spacial score (nSPS) is 11.6. The number of benzene rings is 1. The van der Waals surface area contributed by atoms with Gasteiger partial charge in [0.2, 0.25) is 17.5 Å². The van der Waals surface area contributed by atoms with Crippen LogP contribution in [0.2, 0.25) is 0 Å². The molecule has 0 heterocycles. The van der Waals surface area contributed by atoms with Gasteiger partial charge in [0.1, 0.15) is 0 Å². The number of amides is 1. The molecule has 0 saturated heterocycles. The first-order valence-electron chi connectivity index (χ1n) is 13.0. The van der Waals surface area contributed by atoms with Crippen LogP contribution in [0, 0.1) is 35.6 Å². The zero-order valence-electron chi connectivity index (χ0n) is 23.3. The van der Waals surface area contributed by atoms with Crippen LogP contribution in [0.3, 0.4) is 0 Å². The number of nitrogens with one attached hydrogen (secondary N) is 1. The van der Waals surface area contributed by atoms with Gasteiger partial charge >= 0.3 is 5.97 Å². The molecule has 1 aromatic rings. The van der Waals surface area contributed by atoms with Crippen molar-refractivity contribution in [2.45, 2.75) is 59.8 Å². The Balaban J connectivity index is 1.94. The Morgan fingerprint density at radius 2 is 1.21 bits per heavy atom. The fourth-order valence-corrected chi connectivity index (χ4v) is 3.16. The maximum Gasteiger partial charge on any atom is 0.313 e. The van der Waals surface area contributed by atoms with Gasteiger partial charge in [0.15, 0.2) is 17.5 Å². The molecule has 0 aliphatic carbocycles. The van der Waals surface area contributed by atoms with E-state index < -0.39 is 40.6 Å². The lowest BCUT2D eigenvalue weighted by molar-refractivity contribution is -0.136. The number of esters is 1. The number of ether oxygens (including phenoxy) is 5. The molecule has 1 rings (SSSR count). The summed E-state index contributed by atoms with van der Waals surface area (Å²) in [6, 6.07) is 0. The van der Waals surface area contributed by atoms with Gasteiger partial charge in [-0.15, -0.1) is 0 Å². The third kappa shape index (κ3) is 15.2. The van der Waals surface area contributed by atoms with Crippen LogP contribution < -0.4 is 10.1 Å². The van der Waals surface area contributed by atoms with Crippen LogP contribution in [-0.4, -0.2) is 71.3 Å². The van der Waals surface area contributed by atoms with Gasteiger partial charge in [-0.2, -0.15) is 4.39 Å². The van der Waals surface area contributed by atoms with Crippen LogP contribution in [0.25, 0.3) is 0 Å². The number of carbonyl (C=O) groups is 2. The fraction of sp³-hybridized carbons (Fsp3) is 0.704. The van der Waals surface area contributed by atoms with Crippen molar-refractivity contribution in [2.75, 3.05) is 59.4 Å². The van der Waals surface area contributed by atoms with Crippen molar-refractivity contribution >= 4 is 11.9 Å². The Labute approximate surface area is 227 Å². The first-order valence-corrected chi connectivity index (χ1v) is 13.0. The summed E-state index contributed by atoms with van der Waals surface area (Å²) in [4.78, 5) is 23.5. The third-order valence-electron chi connectivity index (χ3n) is 5.37. The van der Waals surface area contributed by atoms with Gasteiger partial charge in [0.25, 0.3) is 0 Å². The highest BCUT2D eigenvalue weighted by Crippen LogP contribution is 2.29. The van der Waals surface area contributed by atoms with E-state index in [-0.39, 0.29) is 32.1 Å². The minimum absolute atomic E-state index is 0.0275.